The van der Waals surface area contributed by atoms with E-state index in [9.17, 15) is 5.11 Å². The standard InChI is InChI=1S/C24H26O.ClH/c1-23(2,18-11-7-5-8-12-18)20-15-16-22(25)21(17-20)24(3,4)19-13-9-6-10-14-19;/h5-17,25H,1-4H3;1H. The van der Waals surface area contributed by atoms with Crippen molar-refractivity contribution in [3.63, 3.8) is 0 Å². The van der Waals surface area contributed by atoms with Crippen molar-refractivity contribution >= 4 is 12.4 Å². The monoisotopic (exact) mass is 366 g/mol. The fourth-order valence-electron chi connectivity index (χ4n) is 3.46. The first-order chi connectivity index (χ1) is 11.8. The highest BCUT2D eigenvalue weighted by atomic mass is 35.5. The van der Waals surface area contributed by atoms with Crippen LogP contribution in [0, 0.1) is 0 Å². The van der Waals surface area contributed by atoms with Crippen LogP contribution >= 0.6 is 12.4 Å². The van der Waals surface area contributed by atoms with E-state index in [4.69, 9.17) is 0 Å². The molecule has 26 heavy (non-hydrogen) atoms. The van der Waals surface area contributed by atoms with Crippen LogP contribution in [-0.2, 0) is 10.8 Å². The summed E-state index contributed by atoms with van der Waals surface area (Å²) in [4.78, 5) is 0. The number of hydrogen-bond donors (Lipinski definition) is 1. The topological polar surface area (TPSA) is 20.2 Å². The van der Waals surface area contributed by atoms with Gasteiger partial charge in [-0.15, -0.1) is 12.4 Å². The Morgan fingerprint density at radius 1 is 0.577 bits per heavy atom. The third-order valence-corrected chi connectivity index (χ3v) is 5.38. The van der Waals surface area contributed by atoms with Crippen molar-refractivity contribution in [3.8, 4) is 5.75 Å². The molecule has 136 valence electrons. The van der Waals surface area contributed by atoms with Gasteiger partial charge in [-0.25, -0.2) is 0 Å². The minimum Gasteiger partial charge on any atom is -0.508 e. The van der Waals surface area contributed by atoms with Crippen molar-refractivity contribution in [1.29, 1.82) is 0 Å². The van der Waals surface area contributed by atoms with Crippen LogP contribution in [0.3, 0.4) is 0 Å². The van der Waals surface area contributed by atoms with E-state index < -0.39 is 0 Å². The number of aromatic hydroxyl groups is 1. The Kier molecular flexibility index (Phi) is 5.83. The van der Waals surface area contributed by atoms with E-state index in [1.165, 1.54) is 16.7 Å². The molecule has 0 radical (unpaired) electrons. The predicted octanol–water partition coefficient (Wildman–Crippen LogP) is 6.47. The maximum atomic E-state index is 10.6. The van der Waals surface area contributed by atoms with Crippen molar-refractivity contribution in [2.45, 2.75) is 38.5 Å². The van der Waals surface area contributed by atoms with E-state index in [2.05, 4.69) is 70.2 Å². The SMILES string of the molecule is CC(C)(c1ccccc1)c1ccc(O)c(C(C)(C)c2ccccc2)c1.Cl. The van der Waals surface area contributed by atoms with Crippen molar-refractivity contribution < 1.29 is 5.11 Å². The zero-order chi connectivity index (χ0) is 18.1. The number of benzene rings is 3. The lowest BCUT2D eigenvalue weighted by molar-refractivity contribution is 0.451. The van der Waals surface area contributed by atoms with Crippen LogP contribution in [0.2, 0.25) is 0 Å². The quantitative estimate of drug-likeness (QED) is 0.561. The summed E-state index contributed by atoms with van der Waals surface area (Å²) in [5.41, 5.74) is 4.23. The van der Waals surface area contributed by atoms with Crippen LogP contribution in [-0.4, -0.2) is 5.11 Å². The molecule has 0 heterocycles. The normalized spacial score (nSPS) is 11.7. The van der Waals surface area contributed by atoms with Crippen LogP contribution in [0.25, 0.3) is 0 Å². The molecule has 3 aromatic carbocycles. The van der Waals surface area contributed by atoms with Gasteiger partial charge in [0.2, 0.25) is 0 Å². The van der Waals surface area contributed by atoms with Gasteiger partial charge in [0.1, 0.15) is 5.75 Å². The molecule has 3 rings (SSSR count). The fraction of sp³-hybridized carbons (Fsp3) is 0.250. The van der Waals surface area contributed by atoms with Crippen LogP contribution < -0.4 is 0 Å². The molecule has 3 aromatic rings. The molecule has 0 aliphatic carbocycles. The molecule has 0 bridgehead atoms. The molecule has 0 fully saturated rings. The van der Waals surface area contributed by atoms with Gasteiger partial charge < -0.3 is 5.11 Å². The molecule has 0 spiro atoms. The first-order valence-electron chi connectivity index (χ1n) is 8.78. The molecule has 0 aromatic heterocycles. The highest BCUT2D eigenvalue weighted by molar-refractivity contribution is 5.85. The molecule has 0 unspecified atom stereocenters. The summed E-state index contributed by atoms with van der Waals surface area (Å²) in [5, 5.41) is 10.6. The van der Waals surface area contributed by atoms with Gasteiger partial charge in [0, 0.05) is 16.4 Å². The number of phenolic OH excluding ortho intramolecular Hbond substituents is 1. The van der Waals surface area contributed by atoms with Gasteiger partial charge in [-0.1, -0.05) is 100 Å². The number of phenols is 1. The third kappa shape index (κ3) is 3.64. The Morgan fingerprint density at radius 2 is 1.04 bits per heavy atom. The summed E-state index contributed by atoms with van der Waals surface area (Å²) in [6, 6.07) is 26.9. The second-order valence-corrected chi connectivity index (χ2v) is 7.71. The Labute approximate surface area is 163 Å². The smallest absolute Gasteiger partial charge is 0.119 e. The second kappa shape index (κ2) is 7.55. The molecular formula is C24H27ClO. The van der Waals surface area contributed by atoms with Gasteiger partial charge >= 0.3 is 0 Å². The minimum absolute atomic E-state index is 0. The average Bonchev–Trinajstić information content (AvgIpc) is 2.63. The van der Waals surface area contributed by atoms with Crippen LogP contribution in [0.15, 0.2) is 78.9 Å². The predicted molar refractivity (Wildman–Crippen MR) is 112 cm³/mol. The minimum atomic E-state index is -0.270. The lowest BCUT2D eigenvalue weighted by atomic mass is 9.73. The maximum Gasteiger partial charge on any atom is 0.119 e. The largest absolute Gasteiger partial charge is 0.508 e. The van der Waals surface area contributed by atoms with Crippen molar-refractivity contribution in [2.24, 2.45) is 0 Å². The molecule has 1 N–H and O–H groups in total. The summed E-state index contributed by atoms with van der Waals surface area (Å²) < 4.78 is 0. The summed E-state index contributed by atoms with van der Waals surface area (Å²) in [7, 11) is 0. The number of halogens is 1. The molecule has 0 aliphatic rings. The van der Waals surface area contributed by atoms with E-state index in [0.29, 0.717) is 5.75 Å². The van der Waals surface area contributed by atoms with Gasteiger partial charge in [0.05, 0.1) is 0 Å². The zero-order valence-corrected chi connectivity index (χ0v) is 16.7. The van der Waals surface area contributed by atoms with Gasteiger partial charge in [-0.05, 0) is 22.8 Å². The molecule has 0 atom stereocenters. The molecule has 0 saturated heterocycles. The first-order valence-corrected chi connectivity index (χ1v) is 8.78. The Morgan fingerprint density at radius 3 is 1.54 bits per heavy atom. The highest BCUT2D eigenvalue weighted by Gasteiger charge is 2.29. The maximum absolute atomic E-state index is 10.6. The molecule has 1 nitrogen and oxygen atoms in total. The Hall–Kier alpha value is -2.25. The lowest BCUT2D eigenvalue weighted by Gasteiger charge is -2.31. The first kappa shape index (κ1) is 20.1. The average molecular weight is 367 g/mol. The van der Waals surface area contributed by atoms with Crippen molar-refractivity contribution in [2.75, 3.05) is 0 Å². The fourth-order valence-corrected chi connectivity index (χ4v) is 3.46. The van der Waals surface area contributed by atoms with E-state index in [1.54, 1.807) is 0 Å². The Bertz CT molecular complexity index is 852. The zero-order valence-electron chi connectivity index (χ0n) is 15.9. The van der Waals surface area contributed by atoms with Gasteiger partial charge in [-0.3, -0.25) is 0 Å². The molecular weight excluding hydrogens is 340 g/mol. The van der Waals surface area contributed by atoms with Gasteiger partial charge in [-0.2, -0.15) is 0 Å². The highest BCUT2D eigenvalue weighted by Crippen LogP contribution is 2.40. The van der Waals surface area contributed by atoms with Crippen LogP contribution in [0.5, 0.6) is 5.75 Å². The summed E-state index contributed by atoms with van der Waals surface area (Å²) in [6.45, 7) is 8.79. The number of rotatable bonds is 4. The van der Waals surface area contributed by atoms with Crippen LogP contribution in [0.1, 0.15) is 49.9 Å². The Balaban J connectivity index is 0.00000243. The third-order valence-electron chi connectivity index (χ3n) is 5.38. The summed E-state index contributed by atoms with van der Waals surface area (Å²) >= 11 is 0. The summed E-state index contributed by atoms with van der Waals surface area (Å²) in [5.74, 6) is 0.349. The van der Waals surface area contributed by atoms with E-state index in [0.717, 1.165) is 5.56 Å². The molecule has 2 heteroatoms. The van der Waals surface area contributed by atoms with Crippen molar-refractivity contribution in [1.82, 2.24) is 0 Å². The molecule has 0 saturated carbocycles. The van der Waals surface area contributed by atoms with E-state index >= 15 is 0 Å². The molecule has 0 aliphatic heterocycles. The lowest BCUT2D eigenvalue weighted by Crippen LogP contribution is -2.23. The van der Waals surface area contributed by atoms with Gasteiger partial charge in [0.25, 0.3) is 0 Å². The summed E-state index contributed by atoms with van der Waals surface area (Å²) in [6.07, 6.45) is 0. The van der Waals surface area contributed by atoms with Crippen LogP contribution in [0.4, 0.5) is 0 Å². The van der Waals surface area contributed by atoms with Crippen molar-refractivity contribution in [3.05, 3.63) is 101 Å². The van der Waals surface area contributed by atoms with E-state index in [1.807, 2.05) is 36.4 Å². The number of hydrogen-bond acceptors (Lipinski definition) is 1. The van der Waals surface area contributed by atoms with E-state index in [-0.39, 0.29) is 23.2 Å². The van der Waals surface area contributed by atoms with Gasteiger partial charge in [0.15, 0.2) is 0 Å². The second-order valence-electron chi connectivity index (χ2n) is 7.71. The molecule has 0 amide bonds.